The van der Waals surface area contributed by atoms with Crippen LogP contribution in [0.4, 0.5) is 8.78 Å². The monoisotopic (exact) mass is 441 g/mol. The number of benzene rings is 2. The van der Waals surface area contributed by atoms with Gasteiger partial charge in [0.1, 0.15) is 0 Å². The zero-order chi connectivity index (χ0) is 22.7. The molecule has 2 aliphatic rings. The highest BCUT2D eigenvalue weighted by atomic mass is 19.2. The lowest BCUT2D eigenvalue weighted by Crippen LogP contribution is -2.53. The Morgan fingerprint density at radius 1 is 0.906 bits per heavy atom. The molecule has 170 valence electrons. The maximum absolute atomic E-state index is 13.7. The van der Waals surface area contributed by atoms with E-state index in [0.29, 0.717) is 44.8 Å². The van der Waals surface area contributed by atoms with Crippen molar-refractivity contribution < 1.29 is 18.4 Å². The first-order chi connectivity index (χ1) is 15.4. The van der Waals surface area contributed by atoms with E-state index in [1.54, 1.807) is 17.9 Å². The van der Waals surface area contributed by atoms with E-state index in [-0.39, 0.29) is 23.7 Å². The van der Waals surface area contributed by atoms with E-state index in [2.05, 4.69) is 17.0 Å². The SMILES string of the molecule is CC(=O)N1CCN(C(=O)C2CC(c3ccccc3)CN(Cc3ccc(F)c(F)c3)C2)CC1. The van der Waals surface area contributed by atoms with E-state index >= 15 is 0 Å². The second-order valence-electron chi connectivity index (χ2n) is 8.81. The van der Waals surface area contributed by atoms with Crippen molar-refractivity contribution in [3.63, 3.8) is 0 Å². The lowest BCUT2D eigenvalue weighted by molar-refractivity contribution is -0.143. The first kappa shape index (κ1) is 22.4. The summed E-state index contributed by atoms with van der Waals surface area (Å²) in [5, 5.41) is 0. The van der Waals surface area contributed by atoms with Crippen LogP contribution < -0.4 is 0 Å². The van der Waals surface area contributed by atoms with Crippen molar-refractivity contribution in [1.29, 1.82) is 0 Å². The highest BCUT2D eigenvalue weighted by Gasteiger charge is 2.35. The summed E-state index contributed by atoms with van der Waals surface area (Å²) in [5.74, 6) is -1.55. The molecule has 5 nitrogen and oxygen atoms in total. The second kappa shape index (κ2) is 9.77. The maximum atomic E-state index is 13.7. The van der Waals surface area contributed by atoms with Gasteiger partial charge in [-0.15, -0.1) is 0 Å². The molecule has 2 atom stereocenters. The van der Waals surface area contributed by atoms with Crippen LogP contribution in [0.2, 0.25) is 0 Å². The number of amides is 2. The lowest BCUT2D eigenvalue weighted by Gasteiger charge is -2.41. The first-order valence-corrected chi connectivity index (χ1v) is 11.2. The summed E-state index contributed by atoms with van der Waals surface area (Å²) >= 11 is 0. The minimum Gasteiger partial charge on any atom is -0.339 e. The number of rotatable bonds is 4. The minimum absolute atomic E-state index is 0.0385. The predicted molar refractivity (Wildman–Crippen MR) is 118 cm³/mol. The third-order valence-electron chi connectivity index (χ3n) is 6.57. The molecule has 0 aliphatic carbocycles. The van der Waals surface area contributed by atoms with E-state index in [9.17, 15) is 18.4 Å². The van der Waals surface area contributed by atoms with Gasteiger partial charge in [-0.2, -0.15) is 0 Å². The molecule has 2 aromatic carbocycles. The molecule has 4 rings (SSSR count). The summed E-state index contributed by atoms with van der Waals surface area (Å²) in [6.07, 6.45) is 0.754. The summed E-state index contributed by atoms with van der Waals surface area (Å²) in [6, 6.07) is 14.1. The van der Waals surface area contributed by atoms with Gasteiger partial charge in [-0.05, 0) is 35.6 Å². The number of halogens is 2. The maximum Gasteiger partial charge on any atom is 0.227 e. The summed E-state index contributed by atoms with van der Waals surface area (Å²) in [6.45, 7) is 5.58. The number of nitrogens with zero attached hydrogens (tertiary/aromatic N) is 3. The largest absolute Gasteiger partial charge is 0.339 e. The number of hydrogen-bond acceptors (Lipinski definition) is 3. The third-order valence-corrected chi connectivity index (χ3v) is 6.57. The van der Waals surface area contributed by atoms with Gasteiger partial charge in [0.2, 0.25) is 11.8 Å². The van der Waals surface area contributed by atoms with Gasteiger partial charge < -0.3 is 9.80 Å². The van der Waals surface area contributed by atoms with Crippen LogP contribution in [0.15, 0.2) is 48.5 Å². The Bertz CT molecular complexity index is 961. The van der Waals surface area contributed by atoms with Gasteiger partial charge in [0.15, 0.2) is 11.6 Å². The smallest absolute Gasteiger partial charge is 0.227 e. The van der Waals surface area contributed by atoms with Gasteiger partial charge in [0.05, 0.1) is 5.92 Å². The zero-order valence-corrected chi connectivity index (χ0v) is 18.3. The number of piperidine rings is 1. The molecule has 2 unspecified atom stereocenters. The molecule has 2 aliphatic heterocycles. The average Bonchev–Trinajstić information content (AvgIpc) is 2.81. The fraction of sp³-hybridized carbons (Fsp3) is 0.440. The van der Waals surface area contributed by atoms with Gasteiger partial charge in [-0.1, -0.05) is 36.4 Å². The fourth-order valence-electron chi connectivity index (χ4n) is 4.86. The molecule has 0 N–H and O–H groups in total. The second-order valence-corrected chi connectivity index (χ2v) is 8.81. The Balaban J connectivity index is 1.50. The number of piperazine rings is 1. The third kappa shape index (κ3) is 5.15. The average molecular weight is 442 g/mol. The number of likely N-dealkylation sites (tertiary alicyclic amines) is 1. The summed E-state index contributed by atoms with van der Waals surface area (Å²) in [7, 11) is 0. The van der Waals surface area contributed by atoms with E-state index < -0.39 is 11.6 Å². The molecular weight excluding hydrogens is 412 g/mol. The summed E-state index contributed by atoms with van der Waals surface area (Å²) < 4.78 is 27.1. The van der Waals surface area contributed by atoms with Crippen LogP contribution in [0, 0.1) is 17.6 Å². The quantitative estimate of drug-likeness (QED) is 0.732. The molecule has 2 heterocycles. The van der Waals surface area contributed by atoms with Crippen LogP contribution in [-0.2, 0) is 16.1 Å². The Kier molecular flexibility index (Phi) is 6.84. The highest BCUT2D eigenvalue weighted by Crippen LogP contribution is 2.32. The van der Waals surface area contributed by atoms with Crippen LogP contribution in [-0.4, -0.2) is 65.8 Å². The highest BCUT2D eigenvalue weighted by molar-refractivity contribution is 5.80. The summed E-state index contributed by atoms with van der Waals surface area (Å²) in [5.41, 5.74) is 1.88. The molecule has 0 radical (unpaired) electrons. The number of hydrogen-bond donors (Lipinski definition) is 0. The first-order valence-electron chi connectivity index (χ1n) is 11.2. The van der Waals surface area contributed by atoms with Crippen molar-refractivity contribution in [2.75, 3.05) is 39.3 Å². The van der Waals surface area contributed by atoms with Gasteiger partial charge in [-0.25, -0.2) is 8.78 Å². The molecule has 2 amide bonds. The van der Waals surface area contributed by atoms with E-state index in [0.717, 1.165) is 19.0 Å². The Morgan fingerprint density at radius 2 is 1.59 bits per heavy atom. The van der Waals surface area contributed by atoms with Crippen molar-refractivity contribution in [2.45, 2.75) is 25.8 Å². The Hall–Kier alpha value is -2.80. The van der Waals surface area contributed by atoms with Crippen molar-refractivity contribution in [3.05, 3.63) is 71.3 Å². The van der Waals surface area contributed by atoms with Gasteiger partial charge in [0, 0.05) is 52.7 Å². The predicted octanol–water partition coefficient (Wildman–Crippen LogP) is 3.26. The van der Waals surface area contributed by atoms with E-state index in [1.165, 1.54) is 11.6 Å². The Morgan fingerprint density at radius 3 is 2.25 bits per heavy atom. The van der Waals surface area contributed by atoms with Gasteiger partial charge in [0.25, 0.3) is 0 Å². The van der Waals surface area contributed by atoms with Gasteiger partial charge >= 0.3 is 0 Å². The van der Waals surface area contributed by atoms with Crippen LogP contribution in [0.1, 0.15) is 30.4 Å². The zero-order valence-electron chi connectivity index (χ0n) is 18.3. The van der Waals surface area contributed by atoms with E-state index in [4.69, 9.17) is 0 Å². The molecule has 2 saturated heterocycles. The fourth-order valence-corrected chi connectivity index (χ4v) is 4.86. The molecule has 0 aromatic heterocycles. The molecule has 0 saturated carbocycles. The van der Waals surface area contributed by atoms with Crippen LogP contribution in [0.5, 0.6) is 0 Å². The molecule has 0 spiro atoms. The van der Waals surface area contributed by atoms with Crippen molar-refractivity contribution in [2.24, 2.45) is 5.92 Å². The van der Waals surface area contributed by atoms with Crippen LogP contribution >= 0.6 is 0 Å². The molecule has 2 aromatic rings. The topological polar surface area (TPSA) is 43.9 Å². The van der Waals surface area contributed by atoms with Crippen molar-refractivity contribution >= 4 is 11.8 Å². The number of carbonyl (C=O) groups is 2. The van der Waals surface area contributed by atoms with Gasteiger partial charge in [-0.3, -0.25) is 14.5 Å². The van der Waals surface area contributed by atoms with Crippen LogP contribution in [0.25, 0.3) is 0 Å². The molecule has 7 heteroatoms. The van der Waals surface area contributed by atoms with E-state index in [1.807, 2.05) is 23.1 Å². The minimum atomic E-state index is -0.854. The molecule has 32 heavy (non-hydrogen) atoms. The lowest BCUT2D eigenvalue weighted by atomic mass is 9.83. The molecule has 0 bridgehead atoms. The summed E-state index contributed by atoms with van der Waals surface area (Å²) in [4.78, 5) is 30.8. The molecule has 2 fully saturated rings. The number of carbonyl (C=O) groups excluding carboxylic acids is 2. The standard InChI is InChI=1S/C25H29F2N3O2/c1-18(31)29-9-11-30(12-10-29)25(32)22-14-21(20-5-3-2-4-6-20)16-28(17-22)15-19-7-8-23(26)24(27)13-19/h2-8,13,21-22H,9-12,14-17H2,1H3. The van der Waals surface area contributed by atoms with Crippen molar-refractivity contribution in [3.8, 4) is 0 Å². The van der Waals surface area contributed by atoms with Crippen LogP contribution in [0.3, 0.4) is 0 Å². The Labute approximate surface area is 187 Å². The normalized spacial score (nSPS) is 22.1. The molecular formula is C25H29F2N3O2. The van der Waals surface area contributed by atoms with Crippen molar-refractivity contribution in [1.82, 2.24) is 14.7 Å².